The van der Waals surface area contributed by atoms with E-state index in [-0.39, 0.29) is 12.1 Å². The molecule has 2 aromatic rings. The van der Waals surface area contributed by atoms with Gasteiger partial charge in [-0.25, -0.2) is 4.98 Å². The number of imidazole rings is 1. The van der Waals surface area contributed by atoms with E-state index in [1.165, 1.54) is 0 Å². The Hall–Kier alpha value is -2.22. The first-order chi connectivity index (χ1) is 9.76. The van der Waals surface area contributed by atoms with E-state index in [0.717, 1.165) is 19.5 Å². The summed E-state index contributed by atoms with van der Waals surface area (Å²) < 4.78 is 7.36. The first-order valence-corrected chi connectivity index (χ1v) is 6.62. The highest BCUT2D eigenvalue weighted by Crippen LogP contribution is 2.16. The van der Waals surface area contributed by atoms with E-state index < -0.39 is 0 Å². The minimum absolute atomic E-state index is 0.207. The van der Waals surface area contributed by atoms with Gasteiger partial charge in [0.05, 0.1) is 12.7 Å². The van der Waals surface area contributed by atoms with Gasteiger partial charge in [0, 0.05) is 25.5 Å². The van der Waals surface area contributed by atoms with Crippen LogP contribution in [0.4, 0.5) is 11.9 Å². The van der Waals surface area contributed by atoms with Crippen molar-refractivity contribution in [3.8, 4) is 5.95 Å². The van der Waals surface area contributed by atoms with Gasteiger partial charge in [-0.2, -0.15) is 15.0 Å². The SMILES string of the molecule is CCC1CN(c2nc(N)nc(-n3ccnc3)n2)CCO1. The van der Waals surface area contributed by atoms with Gasteiger partial charge in [0.25, 0.3) is 0 Å². The van der Waals surface area contributed by atoms with Crippen LogP contribution < -0.4 is 10.6 Å². The van der Waals surface area contributed by atoms with Crippen LogP contribution in [-0.4, -0.2) is 50.3 Å². The summed E-state index contributed by atoms with van der Waals surface area (Å²) in [5.41, 5.74) is 5.79. The van der Waals surface area contributed by atoms with Crippen molar-refractivity contribution in [1.29, 1.82) is 0 Å². The highest BCUT2D eigenvalue weighted by Gasteiger charge is 2.22. The third-order valence-corrected chi connectivity index (χ3v) is 3.24. The number of nitrogens with two attached hydrogens (primary N) is 1. The Morgan fingerprint density at radius 2 is 2.20 bits per heavy atom. The standard InChI is InChI=1S/C12H17N7O/c1-2-9-7-18(5-6-20-9)11-15-10(13)16-12(17-11)19-4-3-14-8-19/h3-4,8-9H,2,5-7H2,1H3,(H2,13,15,16,17). The smallest absolute Gasteiger partial charge is 0.241 e. The Morgan fingerprint density at radius 3 is 2.95 bits per heavy atom. The van der Waals surface area contributed by atoms with Gasteiger partial charge in [-0.15, -0.1) is 0 Å². The fraction of sp³-hybridized carbons (Fsp3) is 0.500. The molecular weight excluding hydrogens is 258 g/mol. The Labute approximate surface area is 116 Å². The monoisotopic (exact) mass is 275 g/mol. The predicted molar refractivity (Wildman–Crippen MR) is 73.6 cm³/mol. The Bertz CT molecular complexity index is 571. The zero-order valence-corrected chi connectivity index (χ0v) is 11.3. The molecule has 1 unspecified atom stereocenters. The van der Waals surface area contributed by atoms with Crippen LogP contribution in [0.3, 0.4) is 0 Å². The van der Waals surface area contributed by atoms with Crippen molar-refractivity contribution >= 4 is 11.9 Å². The molecule has 8 nitrogen and oxygen atoms in total. The number of nitrogens with zero attached hydrogens (tertiary/aromatic N) is 6. The first kappa shape index (κ1) is 12.8. The number of aromatic nitrogens is 5. The summed E-state index contributed by atoms with van der Waals surface area (Å²) in [4.78, 5) is 18.9. The molecule has 106 valence electrons. The van der Waals surface area contributed by atoms with Crippen molar-refractivity contribution in [2.24, 2.45) is 0 Å². The highest BCUT2D eigenvalue weighted by atomic mass is 16.5. The van der Waals surface area contributed by atoms with E-state index in [2.05, 4.69) is 31.8 Å². The second-order valence-electron chi connectivity index (χ2n) is 4.61. The summed E-state index contributed by atoms with van der Waals surface area (Å²) in [6.07, 6.45) is 6.24. The molecule has 1 atom stereocenters. The maximum atomic E-state index is 5.79. The van der Waals surface area contributed by atoms with E-state index in [1.54, 1.807) is 23.3 Å². The largest absolute Gasteiger partial charge is 0.375 e. The van der Waals surface area contributed by atoms with Gasteiger partial charge in [-0.1, -0.05) is 6.92 Å². The van der Waals surface area contributed by atoms with Gasteiger partial charge >= 0.3 is 0 Å². The molecule has 0 saturated carbocycles. The summed E-state index contributed by atoms with van der Waals surface area (Å²) in [6, 6.07) is 0. The summed E-state index contributed by atoms with van der Waals surface area (Å²) in [7, 11) is 0. The van der Waals surface area contributed by atoms with Crippen LogP contribution in [0.15, 0.2) is 18.7 Å². The van der Waals surface area contributed by atoms with Crippen molar-refractivity contribution in [1.82, 2.24) is 24.5 Å². The molecular formula is C12H17N7O. The lowest BCUT2D eigenvalue weighted by Gasteiger charge is -2.32. The molecule has 8 heteroatoms. The Morgan fingerprint density at radius 1 is 1.35 bits per heavy atom. The van der Waals surface area contributed by atoms with E-state index >= 15 is 0 Å². The molecule has 1 fully saturated rings. The fourth-order valence-electron chi connectivity index (χ4n) is 2.15. The number of anilines is 2. The third kappa shape index (κ3) is 2.55. The molecule has 3 heterocycles. The van der Waals surface area contributed by atoms with Crippen LogP contribution in [0.1, 0.15) is 13.3 Å². The Balaban J connectivity index is 1.89. The van der Waals surface area contributed by atoms with E-state index in [9.17, 15) is 0 Å². The molecule has 2 N–H and O–H groups in total. The predicted octanol–water partition coefficient (Wildman–Crippen LogP) is 0.255. The Kier molecular flexibility index (Phi) is 3.46. The molecule has 20 heavy (non-hydrogen) atoms. The van der Waals surface area contributed by atoms with Gasteiger partial charge in [0.1, 0.15) is 6.33 Å². The lowest BCUT2D eigenvalue weighted by molar-refractivity contribution is 0.0379. The summed E-state index contributed by atoms with van der Waals surface area (Å²) >= 11 is 0. The number of hydrogen-bond donors (Lipinski definition) is 1. The topological polar surface area (TPSA) is 95.0 Å². The maximum Gasteiger partial charge on any atom is 0.241 e. The lowest BCUT2D eigenvalue weighted by Crippen LogP contribution is -2.43. The summed E-state index contributed by atoms with van der Waals surface area (Å²) in [6.45, 7) is 4.30. The second kappa shape index (κ2) is 5.41. The zero-order chi connectivity index (χ0) is 13.9. The molecule has 2 aromatic heterocycles. The minimum Gasteiger partial charge on any atom is -0.375 e. The number of ether oxygens (including phenoxy) is 1. The van der Waals surface area contributed by atoms with E-state index in [0.29, 0.717) is 18.5 Å². The van der Waals surface area contributed by atoms with Gasteiger partial charge < -0.3 is 15.4 Å². The average Bonchev–Trinajstić information content (AvgIpc) is 3.01. The number of hydrogen-bond acceptors (Lipinski definition) is 7. The molecule has 0 aromatic carbocycles. The average molecular weight is 275 g/mol. The molecule has 1 aliphatic rings. The van der Waals surface area contributed by atoms with Gasteiger partial charge in [-0.05, 0) is 6.42 Å². The molecule has 0 amide bonds. The fourth-order valence-corrected chi connectivity index (χ4v) is 2.15. The normalized spacial score (nSPS) is 19.2. The molecule has 1 saturated heterocycles. The number of rotatable bonds is 3. The highest BCUT2D eigenvalue weighted by molar-refractivity contribution is 5.38. The van der Waals surface area contributed by atoms with Crippen LogP contribution in [0.2, 0.25) is 0 Å². The van der Waals surface area contributed by atoms with Crippen LogP contribution in [0.25, 0.3) is 5.95 Å². The maximum absolute atomic E-state index is 5.79. The van der Waals surface area contributed by atoms with Crippen molar-refractivity contribution in [2.75, 3.05) is 30.3 Å². The van der Waals surface area contributed by atoms with Gasteiger partial charge in [0.15, 0.2) is 0 Å². The van der Waals surface area contributed by atoms with Crippen molar-refractivity contribution < 1.29 is 4.74 Å². The lowest BCUT2D eigenvalue weighted by atomic mass is 10.2. The number of morpholine rings is 1. The third-order valence-electron chi connectivity index (χ3n) is 3.24. The van der Waals surface area contributed by atoms with Crippen molar-refractivity contribution in [3.05, 3.63) is 18.7 Å². The quantitative estimate of drug-likeness (QED) is 0.858. The van der Waals surface area contributed by atoms with Crippen LogP contribution in [0, 0.1) is 0 Å². The molecule has 0 spiro atoms. The van der Waals surface area contributed by atoms with Crippen LogP contribution in [-0.2, 0) is 4.74 Å². The van der Waals surface area contributed by atoms with Crippen LogP contribution in [0.5, 0.6) is 0 Å². The molecule has 0 aliphatic carbocycles. The minimum atomic E-state index is 0.207. The molecule has 0 bridgehead atoms. The van der Waals surface area contributed by atoms with E-state index in [1.807, 2.05) is 0 Å². The zero-order valence-electron chi connectivity index (χ0n) is 11.3. The molecule has 1 aliphatic heterocycles. The van der Waals surface area contributed by atoms with Crippen molar-refractivity contribution in [3.63, 3.8) is 0 Å². The molecule has 3 rings (SSSR count). The van der Waals surface area contributed by atoms with Gasteiger partial charge in [-0.3, -0.25) is 4.57 Å². The second-order valence-corrected chi connectivity index (χ2v) is 4.61. The molecule has 0 radical (unpaired) electrons. The first-order valence-electron chi connectivity index (χ1n) is 6.62. The van der Waals surface area contributed by atoms with Crippen LogP contribution >= 0.6 is 0 Å². The number of nitrogen functional groups attached to an aromatic ring is 1. The van der Waals surface area contributed by atoms with Crippen molar-refractivity contribution in [2.45, 2.75) is 19.4 Å². The summed E-state index contributed by atoms with van der Waals surface area (Å²) in [5, 5.41) is 0. The summed E-state index contributed by atoms with van der Waals surface area (Å²) in [5.74, 6) is 1.27. The van der Waals surface area contributed by atoms with Gasteiger partial charge in [0.2, 0.25) is 17.8 Å². The van der Waals surface area contributed by atoms with E-state index in [4.69, 9.17) is 10.5 Å².